The molecular formula is C15H13N5O3. The van der Waals surface area contributed by atoms with Gasteiger partial charge in [-0.15, -0.1) is 0 Å². The highest BCUT2D eigenvalue weighted by molar-refractivity contribution is 5.86. The lowest BCUT2D eigenvalue weighted by Crippen LogP contribution is -2.11. The molecule has 1 aromatic carbocycles. The summed E-state index contributed by atoms with van der Waals surface area (Å²) in [6, 6.07) is 7.96. The summed E-state index contributed by atoms with van der Waals surface area (Å²) in [6.07, 6.45) is 2.92. The molecule has 0 fully saturated rings. The van der Waals surface area contributed by atoms with Crippen LogP contribution in [0.4, 0.5) is 11.4 Å². The molecule has 1 atom stereocenters. The van der Waals surface area contributed by atoms with Crippen molar-refractivity contribution in [3.63, 3.8) is 0 Å². The van der Waals surface area contributed by atoms with E-state index < -0.39 is 10.5 Å². The Bertz CT molecular complexity index is 923. The zero-order chi connectivity index (χ0) is 16.4. The third-order valence-corrected chi connectivity index (χ3v) is 3.46. The van der Waals surface area contributed by atoms with Crippen LogP contribution in [0.15, 0.2) is 47.7 Å². The number of H-pyrrole nitrogens is 1. The Hall–Kier alpha value is -3.29. The smallest absolute Gasteiger partial charge is 0.293 e. The van der Waals surface area contributed by atoms with E-state index in [9.17, 15) is 14.9 Å². The average Bonchev–Trinajstić information content (AvgIpc) is 2.55. The van der Waals surface area contributed by atoms with E-state index in [1.54, 1.807) is 12.3 Å². The number of pyridine rings is 1. The summed E-state index contributed by atoms with van der Waals surface area (Å²) in [5.41, 5.74) is 0.829. The van der Waals surface area contributed by atoms with Gasteiger partial charge in [-0.05, 0) is 25.1 Å². The van der Waals surface area contributed by atoms with E-state index in [-0.39, 0.29) is 17.1 Å². The maximum absolute atomic E-state index is 11.8. The Morgan fingerprint density at radius 2 is 2.13 bits per heavy atom. The van der Waals surface area contributed by atoms with Crippen molar-refractivity contribution in [3.05, 3.63) is 69.0 Å². The Morgan fingerprint density at radius 3 is 2.83 bits per heavy atom. The van der Waals surface area contributed by atoms with Gasteiger partial charge in [0.1, 0.15) is 5.69 Å². The Kier molecular flexibility index (Phi) is 3.71. The predicted molar refractivity (Wildman–Crippen MR) is 85.3 cm³/mol. The van der Waals surface area contributed by atoms with Crippen molar-refractivity contribution in [1.29, 1.82) is 0 Å². The third-order valence-electron chi connectivity index (χ3n) is 3.46. The molecule has 0 radical (unpaired) electrons. The topological polar surface area (TPSA) is 114 Å². The number of hydrogen-bond acceptors (Lipinski definition) is 6. The van der Waals surface area contributed by atoms with Crippen molar-refractivity contribution in [2.24, 2.45) is 0 Å². The number of nitro groups is 1. The van der Waals surface area contributed by atoms with Crippen LogP contribution in [0.1, 0.15) is 18.7 Å². The van der Waals surface area contributed by atoms with Crippen LogP contribution in [-0.4, -0.2) is 19.9 Å². The molecule has 2 N–H and O–H groups in total. The number of nitro benzene ring substituents is 1. The molecule has 0 aliphatic heterocycles. The van der Waals surface area contributed by atoms with Crippen molar-refractivity contribution in [1.82, 2.24) is 15.0 Å². The van der Waals surface area contributed by atoms with Crippen molar-refractivity contribution in [2.75, 3.05) is 5.32 Å². The summed E-state index contributed by atoms with van der Waals surface area (Å²) in [4.78, 5) is 33.2. The molecule has 1 unspecified atom stereocenters. The van der Waals surface area contributed by atoms with Gasteiger partial charge >= 0.3 is 0 Å². The molecule has 8 heteroatoms. The van der Waals surface area contributed by atoms with Gasteiger partial charge in [0.05, 0.1) is 33.9 Å². The van der Waals surface area contributed by atoms with Crippen LogP contribution in [0, 0.1) is 10.1 Å². The molecule has 116 valence electrons. The van der Waals surface area contributed by atoms with Crippen LogP contribution in [0.5, 0.6) is 0 Å². The SMILES string of the molecule is CC(Nc1cc2nc[nH]c(=O)c2cc1[N+](=O)[O-])c1ccccn1. The molecule has 2 aromatic heterocycles. The molecule has 2 heterocycles. The van der Waals surface area contributed by atoms with E-state index in [4.69, 9.17) is 0 Å². The van der Waals surface area contributed by atoms with Gasteiger partial charge in [-0.2, -0.15) is 0 Å². The molecule has 3 aromatic rings. The van der Waals surface area contributed by atoms with Crippen molar-refractivity contribution in [3.8, 4) is 0 Å². The highest BCUT2D eigenvalue weighted by atomic mass is 16.6. The fraction of sp³-hybridized carbons (Fsp3) is 0.133. The number of hydrogen-bond donors (Lipinski definition) is 2. The molecule has 0 amide bonds. The molecule has 0 spiro atoms. The molecule has 23 heavy (non-hydrogen) atoms. The summed E-state index contributed by atoms with van der Waals surface area (Å²) in [7, 11) is 0. The molecule has 8 nitrogen and oxygen atoms in total. The standard InChI is InChI=1S/C15H13N5O3/c1-9(11-4-2-3-5-16-11)19-13-7-12-10(6-14(13)20(22)23)15(21)18-8-17-12/h2-9,19H,1H3,(H,17,18,21). The molecule has 0 aliphatic rings. The number of nitrogens with one attached hydrogen (secondary N) is 2. The van der Waals surface area contributed by atoms with Gasteiger partial charge in [0.2, 0.25) is 0 Å². The van der Waals surface area contributed by atoms with Crippen molar-refractivity contribution in [2.45, 2.75) is 13.0 Å². The lowest BCUT2D eigenvalue weighted by atomic mass is 10.1. The van der Waals surface area contributed by atoms with Crippen molar-refractivity contribution >= 4 is 22.3 Å². The molecular weight excluding hydrogens is 298 g/mol. The van der Waals surface area contributed by atoms with E-state index in [1.165, 1.54) is 18.5 Å². The third kappa shape index (κ3) is 2.86. The van der Waals surface area contributed by atoms with Crippen LogP contribution >= 0.6 is 0 Å². The van der Waals surface area contributed by atoms with Crippen LogP contribution < -0.4 is 10.9 Å². The summed E-state index contributed by atoms with van der Waals surface area (Å²) in [5, 5.41) is 14.6. The maximum atomic E-state index is 11.8. The first-order valence-electron chi connectivity index (χ1n) is 6.89. The largest absolute Gasteiger partial charge is 0.371 e. The highest BCUT2D eigenvalue weighted by Crippen LogP contribution is 2.30. The van der Waals surface area contributed by atoms with Crippen molar-refractivity contribution < 1.29 is 4.92 Å². The first kappa shape index (κ1) is 14.6. The lowest BCUT2D eigenvalue weighted by Gasteiger charge is -2.15. The van der Waals surface area contributed by atoms with Gasteiger partial charge in [0.15, 0.2) is 0 Å². The first-order chi connectivity index (χ1) is 11.1. The van der Waals surface area contributed by atoms with Gasteiger partial charge < -0.3 is 10.3 Å². The second-order valence-electron chi connectivity index (χ2n) is 5.00. The van der Waals surface area contributed by atoms with E-state index in [1.807, 2.05) is 19.1 Å². The molecule has 0 aliphatic carbocycles. The average molecular weight is 311 g/mol. The highest BCUT2D eigenvalue weighted by Gasteiger charge is 2.19. The van der Waals surface area contributed by atoms with Gasteiger partial charge in [-0.1, -0.05) is 6.07 Å². The fourth-order valence-electron chi connectivity index (χ4n) is 2.31. The molecule has 3 rings (SSSR count). The zero-order valence-corrected chi connectivity index (χ0v) is 12.2. The molecule has 0 saturated heterocycles. The summed E-state index contributed by atoms with van der Waals surface area (Å²) >= 11 is 0. The summed E-state index contributed by atoms with van der Waals surface area (Å²) < 4.78 is 0. The van der Waals surface area contributed by atoms with Crippen LogP contribution in [0.25, 0.3) is 10.9 Å². The van der Waals surface area contributed by atoms with E-state index >= 15 is 0 Å². The Morgan fingerprint density at radius 1 is 1.30 bits per heavy atom. The minimum absolute atomic E-state index is 0.176. The number of nitrogens with zero attached hydrogens (tertiary/aromatic N) is 3. The zero-order valence-electron chi connectivity index (χ0n) is 12.2. The van der Waals surface area contributed by atoms with Gasteiger partial charge in [-0.3, -0.25) is 19.9 Å². The minimum Gasteiger partial charge on any atom is -0.371 e. The van der Waals surface area contributed by atoms with Gasteiger partial charge in [-0.25, -0.2) is 4.98 Å². The van der Waals surface area contributed by atoms with E-state index in [0.29, 0.717) is 11.2 Å². The summed E-state index contributed by atoms with van der Waals surface area (Å²) in [6.45, 7) is 1.85. The molecule has 0 bridgehead atoms. The number of rotatable bonds is 4. The first-order valence-corrected chi connectivity index (χ1v) is 6.89. The van der Waals surface area contributed by atoms with Gasteiger partial charge in [0, 0.05) is 12.3 Å². The molecule has 0 saturated carbocycles. The Balaban J connectivity index is 2.07. The lowest BCUT2D eigenvalue weighted by molar-refractivity contribution is -0.383. The summed E-state index contributed by atoms with van der Waals surface area (Å²) in [5.74, 6) is 0. The normalized spacial score (nSPS) is 12.0. The Labute approximate surface area is 130 Å². The number of aromatic amines is 1. The van der Waals surface area contributed by atoms with Crippen LogP contribution in [0.3, 0.4) is 0 Å². The number of fused-ring (bicyclic) bond motifs is 1. The second kappa shape index (κ2) is 5.84. The monoisotopic (exact) mass is 311 g/mol. The minimum atomic E-state index is -0.528. The second-order valence-corrected chi connectivity index (χ2v) is 5.00. The number of benzene rings is 1. The quantitative estimate of drug-likeness (QED) is 0.565. The maximum Gasteiger partial charge on any atom is 0.293 e. The number of anilines is 1. The van der Waals surface area contributed by atoms with E-state index in [0.717, 1.165) is 5.69 Å². The predicted octanol–water partition coefficient (Wildman–Crippen LogP) is 2.40. The van der Waals surface area contributed by atoms with E-state index in [2.05, 4.69) is 20.3 Å². The fourth-order valence-corrected chi connectivity index (χ4v) is 2.31. The van der Waals surface area contributed by atoms with Crippen LogP contribution in [0.2, 0.25) is 0 Å². The van der Waals surface area contributed by atoms with Crippen LogP contribution in [-0.2, 0) is 0 Å². The van der Waals surface area contributed by atoms with Gasteiger partial charge in [0.25, 0.3) is 11.2 Å². The number of aromatic nitrogens is 3.